The van der Waals surface area contributed by atoms with E-state index in [1.54, 1.807) is 14.0 Å². The van der Waals surface area contributed by atoms with E-state index in [1.807, 2.05) is 0 Å². The van der Waals surface area contributed by atoms with Gasteiger partial charge < -0.3 is 9.47 Å². The molecule has 0 amide bonds. The molecule has 0 unspecified atom stereocenters. The van der Waals surface area contributed by atoms with Crippen LogP contribution in [0.15, 0.2) is 27.9 Å². The maximum atomic E-state index is 14.6. The van der Waals surface area contributed by atoms with Crippen LogP contribution < -0.4 is 16.0 Å². The van der Waals surface area contributed by atoms with Gasteiger partial charge in [-0.1, -0.05) is 11.6 Å². The molecule has 2 heterocycles. The first-order valence-electron chi connectivity index (χ1n) is 8.17. The summed E-state index contributed by atoms with van der Waals surface area (Å²) in [7, 11) is 3.02. The summed E-state index contributed by atoms with van der Waals surface area (Å²) in [6.07, 6.45) is 1.29. The van der Waals surface area contributed by atoms with Gasteiger partial charge in [-0.2, -0.15) is 5.10 Å². The topological polar surface area (TPSA) is 97.3 Å². The Bertz CT molecular complexity index is 1200. The van der Waals surface area contributed by atoms with Crippen molar-refractivity contribution in [3.05, 3.63) is 50.0 Å². The summed E-state index contributed by atoms with van der Waals surface area (Å²) < 4.78 is 27.8. The van der Waals surface area contributed by atoms with Crippen molar-refractivity contribution in [2.24, 2.45) is 14.1 Å². The third-order valence-electron chi connectivity index (χ3n) is 4.03. The second-order valence-electron chi connectivity index (χ2n) is 5.82. The molecular weight excluding hydrogens is 395 g/mol. The molecule has 0 aliphatic rings. The molecule has 28 heavy (non-hydrogen) atoms. The average Bonchev–Trinajstić information content (AvgIpc) is 3.03. The van der Waals surface area contributed by atoms with Gasteiger partial charge in [-0.3, -0.25) is 14.0 Å². The fraction of sp³-hybridized carbons (Fsp3) is 0.294. The SMILES string of the molecule is CCOC(=O)COc1cc(-n2c(=O)c3cnn(C)c3n(C)c2=O)c(F)cc1Cl. The van der Waals surface area contributed by atoms with E-state index in [9.17, 15) is 18.8 Å². The maximum Gasteiger partial charge on any atom is 0.344 e. The van der Waals surface area contributed by atoms with Crippen molar-refractivity contribution >= 4 is 28.6 Å². The molecular formula is C17H16ClFN4O5. The van der Waals surface area contributed by atoms with E-state index >= 15 is 0 Å². The summed E-state index contributed by atoms with van der Waals surface area (Å²) >= 11 is 5.96. The first-order chi connectivity index (χ1) is 13.3. The lowest BCUT2D eigenvalue weighted by Gasteiger charge is -2.13. The van der Waals surface area contributed by atoms with Crippen LogP contribution >= 0.6 is 11.6 Å². The molecule has 0 saturated carbocycles. The zero-order valence-electron chi connectivity index (χ0n) is 15.2. The molecule has 2 aromatic heterocycles. The van der Waals surface area contributed by atoms with Crippen LogP contribution in [-0.4, -0.2) is 38.1 Å². The van der Waals surface area contributed by atoms with E-state index in [2.05, 4.69) is 5.10 Å². The first kappa shape index (κ1) is 19.6. The molecule has 0 radical (unpaired) electrons. The standard InChI is InChI=1S/C17H16ClFN4O5/c1-4-27-14(24)8-28-13-6-12(11(19)5-10(13)18)23-16(25)9-7-20-22(3)15(9)21(2)17(23)26/h5-7H,4,8H2,1-3H3. The number of hydrogen-bond acceptors (Lipinski definition) is 6. The van der Waals surface area contributed by atoms with E-state index in [-0.39, 0.29) is 28.5 Å². The molecule has 0 aliphatic carbocycles. The van der Waals surface area contributed by atoms with Gasteiger partial charge in [0.25, 0.3) is 5.56 Å². The number of aryl methyl sites for hydroxylation is 2. The smallest absolute Gasteiger partial charge is 0.344 e. The minimum Gasteiger partial charge on any atom is -0.480 e. The Morgan fingerprint density at radius 1 is 1.29 bits per heavy atom. The first-order valence-corrected chi connectivity index (χ1v) is 8.55. The van der Waals surface area contributed by atoms with Crippen molar-refractivity contribution in [1.29, 1.82) is 0 Å². The Morgan fingerprint density at radius 3 is 2.68 bits per heavy atom. The summed E-state index contributed by atoms with van der Waals surface area (Å²) in [4.78, 5) is 37.0. The highest BCUT2D eigenvalue weighted by atomic mass is 35.5. The largest absolute Gasteiger partial charge is 0.480 e. The van der Waals surface area contributed by atoms with E-state index in [0.29, 0.717) is 10.2 Å². The fourth-order valence-electron chi connectivity index (χ4n) is 2.78. The average molecular weight is 411 g/mol. The van der Waals surface area contributed by atoms with Crippen LogP contribution in [0.5, 0.6) is 5.75 Å². The number of nitrogens with zero attached hydrogens (tertiary/aromatic N) is 4. The van der Waals surface area contributed by atoms with Gasteiger partial charge in [-0.25, -0.2) is 18.5 Å². The number of rotatable bonds is 5. The highest BCUT2D eigenvalue weighted by molar-refractivity contribution is 6.32. The van der Waals surface area contributed by atoms with Gasteiger partial charge in [-0.05, 0) is 13.0 Å². The summed E-state index contributed by atoms with van der Waals surface area (Å²) in [5, 5.41) is 3.97. The molecule has 1 aromatic carbocycles. The third kappa shape index (κ3) is 3.26. The summed E-state index contributed by atoms with van der Waals surface area (Å²) in [5.41, 5.74) is -1.60. The zero-order chi connectivity index (χ0) is 20.6. The van der Waals surface area contributed by atoms with Crippen LogP contribution in [0.2, 0.25) is 5.02 Å². The van der Waals surface area contributed by atoms with Crippen LogP contribution in [-0.2, 0) is 23.6 Å². The molecule has 0 saturated heterocycles. The highest BCUT2D eigenvalue weighted by Crippen LogP contribution is 2.29. The fourth-order valence-corrected chi connectivity index (χ4v) is 2.98. The molecule has 3 rings (SSSR count). The van der Waals surface area contributed by atoms with Crippen molar-refractivity contribution in [3.8, 4) is 11.4 Å². The molecule has 0 spiro atoms. The monoisotopic (exact) mass is 410 g/mol. The lowest BCUT2D eigenvalue weighted by molar-refractivity contribution is -0.145. The lowest BCUT2D eigenvalue weighted by atomic mass is 10.2. The number of hydrogen-bond donors (Lipinski definition) is 0. The second-order valence-corrected chi connectivity index (χ2v) is 6.22. The highest BCUT2D eigenvalue weighted by Gasteiger charge is 2.20. The molecule has 148 valence electrons. The van der Waals surface area contributed by atoms with Gasteiger partial charge in [-0.15, -0.1) is 0 Å². The van der Waals surface area contributed by atoms with Gasteiger partial charge in [0.05, 0.1) is 23.5 Å². The van der Waals surface area contributed by atoms with Crippen LogP contribution in [0.25, 0.3) is 16.7 Å². The van der Waals surface area contributed by atoms with E-state index in [1.165, 1.54) is 22.5 Å². The van der Waals surface area contributed by atoms with Gasteiger partial charge in [0.1, 0.15) is 22.6 Å². The number of aromatic nitrogens is 4. The predicted molar refractivity (Wildman–Crippen MR) is 98.6 cm³/mol. The number of ether oxygens (including phenoxy) is 2. The molecule has 0 bridgehead atoms. The normalized spacial score (nSPS) is 11.0. The molecule has 0 aliphatic heterocycles. The van der Waals surface area contributed by atoms with E-state index < -0.39 is 29.6 Å². The number of halogens is 2. The number of carbonyl (C=O) groups excluding carboxylic acids is 1. The van der Waals surface area contributed by atoms with Crippen LogP contribution in [0, 0.1) is 5.82 Å². The predicted octanol–water partition coefficient (Wildman–Crippen LogP) is 1.16. The third-order valence-corrected chi connectivity index (χ3v) is 4.33. The molecule has 0 fully saturated rings. The Morgan fingerprint density at radius 2 is 2.00 bits per heavy atom. The minimum absolute atomic E-state index is 0.0774. The Balaban J connectivity index is 2.17. The van der Waals surface area contributed by atoms with Gasteiger partial charge in [0.15, 0.2) is 6.61 Å². The van der Waals surface area contributed by atoms with E-state index in [0.717, 1.165) is 12.1 Å². The molecule has 11 heteroatoms. The van der Waals surface area contributed by atoms with Crippen molar-refractivity contribution in [3.63, 3.8) is 0 Å². The molecule has 9 nitrogen and oxygen atoms in total. The van der Waals surface area contributed by atoms with Crippen molar-refractivity contribution in [2.75, 3.05) is 13.2 Å². The van der Waals surface area contributed by atoms with Gasteiger partial charge >= 0.3 is 11.7 Å². The maximum absolute atomic E-state index is 14.6. The minimum atomic E-state index is -0.907. The van der Waals surface area contributed by atoms with Crippen molar-refractivity contribution in [1.82, 2.24) is 18.9 Å². The Kier molecular flexibility index (Phi) is 5.23. The quantitative estimate of drug-likeness (QED) is 0.585. The Labute approximate surface area is 162 Å². The second kappa shape index (κ2) is 7.47. The van der Waals surface area contributed by atoms with Crippen LogP contribution in [0.4, 0.5) is 4.39 Å². The van der Waals surface area contributed by atoms with Crippen molar-refractivity contribution < 1.29 is 18.7 Å². The summed E-state index contributed by atoms with van der Waals surface area (Å²) in [6.45, 7) is 1.34. The number of carbonyl (C=O) groups is 1. The Hall–Kier alpha value is -3.14. The zero-order valence-corrected chi connectivity index (χ0v) is 16.0. The van der Waals surface area contributed by atoms with E-state index in [4.69, 9.17) is 21.1 Å². The molecule has 0 N–H and O–H groups in total. The number of benzene rings is 1. The summed E-state index contributed by atoms with van der Waals surface area (Å²) in [5.74, 6) is -1.63. The van der Waals surface area contributed by atoms with Gasteiger partial charge in [0, 0.05) is 20.2 Å². The summed E-state index contributed by atoms with van der Waals surface area (Å²) in [6, 6.07) is 1.98. The molecule has 3 aromatic rings. The lowest BCUT2D eigenvalue weighted by Crippen LogP contribution is -2.38. The van der Waals surface area contributed by atoms with Crippen LogP contribution in [0.3, 0.4) is 0 Å². The number of fused-ring (bicyclic) bond motifs is 1. The van der Waals surface area contributed by atoms with Crippen molar-refractivity contribution in [2.45, 2.75) is 6.92 Å². The molecule has 0 atom stereocenters. The number of esters is 1. The van der Waals surface area contributed by atoms with Crippen LogP contribution in [0.1, 0.15) is 6.92 Å². The van der Waals surface area contributed by atoms with Gasteiger partial charge in [0.2, 0.25) is 0 Å².